The summed E-state index contributed by atoms with van der Waals surface area (Å²) in [5, 5.41) is 13.8. The largest absolute Gasteiger partial charge is 0.480 e. The Kier molecular flexibility index (Phi) is 3.25. The highest BCUT2D eigenvalue weighted by atomic mass is 32.1. The molecule has 0 bridgehead atoms. The summed E-state index contributed by atoms with van der Waals surface area (Å²) in [7, 11) is 0. The SMILES string of the molecule is O=C(CCn1cnc2sccc2c1=O)NC1(C(=O)O)CC1. The van der Waals surface area contributed by atoms with E-state index in [4.69, 9.17) is 5.11 Å². The summed E-state index contributed by atoms with van der Waals surface area (Å²) in [6, 6.07) is 1.70. The summed E-state index contributed by atoms with van der Waals surface area (Å²) in [6.07, 6.45) is 2.37. The number of carbonyl (C=O) groups is 2. The predicted octanol–water partition coefficient (Wildman–Crippen LogP) is 0.581. The van der Waals surface area contributed by atoms with E-state index in [-0.39, 0.29) is 24.4 Å². The van der Waals surface area contributed by atoms with Crippen LogP contribution in [0.15, 0.2) is 22.6 Å². The van der Waals surface area contributed by atoms with Crippen LogP contribution < -0.4 is 10.9 Å². The van der Waals surface area contributed by atoms with Gasteiger partial charge >= 0.3 is 5.97 Å². The van der Waals surface area contributed by atoms with Gasteiger partial charge in [-0.25, -0.2) is 9.78 Å². The van der Waals surface area contributed by atoms with Crippen molar-refractivity contribution >= 4 is 33.4 Å². The van der Waals surface area contributed by atoms with E-state index in [1.165, 1.54) is 22.2 Å². The number of nitrogens with zero attached hydrogens (tertiary/aromatic N) is 2. The number of aromatic nitrogens is 2. The minimum Gasteiger partial charge on any atom is -0.480 e. The molecule has 3 rings (SSSR count). The zero-order valence-electron chi connectivity index (χ0n) is 11.0. The zero-order valence-corrected chi connectivity index (χ0v) is 11.9. The molecule has 21 heavy (non-hydrogen) atoms. The van der Waals surface area contributed by atoms with Gasteiger partial charge in [-0.15, -0.1) is 11.3 Å². The first-order valence-electron chi connectivity index (χ1n) is 6.49. The van der Waals surface area contributed by atoms with Gasteiger partial charge in [0.25, 0.3) is 5.56 Å². The number of nitrogens with one attached hydrogen (secondary N) is 1. The second-order valence-electron chi connectivity index (χ2n) is 5.07. The first kappa shape index (κ1) is 13.7. The fraction of sp³-hybridized carbons (Fsp3) is 0.385. The lowest BCUT2D eigenvalue weighted by molar-refractivity contribution is -0.143. The maximum Gasteiger partial charge on any atom is 0.329 e. The van der Waals surface area contributed by atoms with Gasteiger partial charge in [-0.1, -0.05) is 0 Å². The second kappa shape index (κ2) is 4.96. The van der Waals surface area contributed by atoms with Gasteiger partial charge in [0.2, 0.25) is 5.91 Å². The molecule has 110 valence electrons. The Hall–Kier alpha value is -2.22. The number of hydrogen-bond donors (Lipinski definition) is 2. The molecule has 0 radical (unpaired) electrons. The van der Waals surface area contributed by atoms with Crippen LogP contribution in [0.5, 0.6) is 0 Å². The smallest absolute Gasteiger partial charge is 0.329 e. The van der Waals surface area contributed by atoms with Crippen molar-refractivity contribution < 1.29 is 14.7 Å². The molecule has 0 saturated heterocycles. The first-order chi connectivity index (χ1) is 10.0. The molecular formula is C13H13N3O4S. The summed E-state index contributed by atoms with van der Waals surface area (Å²) in [5.74, 6) is -1.37. The standard InChI is InChI=1S/C13H13N3O4S/c17-9(15-13(3-4-13)12(19)20)1-5-16-7-14-10-8(11(16)18)2-6-21-10/h2,6-7H,1,3-5H2,(H,15,17)(H,19,20). The van der Waals surface area contributed by atoms with Gasteiger partial charge in [-0.3, -0.25) is 14.2 Å². The molecule has 0 aliphatic heterocycles. The molecular weight excluding hydrogens is 294 g/mol. The van der Waals surface area contributed by atoms with E-state index in [9.17, 15) is 14.4 Å². The van der Waals surface area contributed by atoms with E-state index in [0.717, 1.165) is 0 Å². The van der Waals surface area contributed by atoms with Crippen molar-refractivity contribution in [3.05, 3.63) is 28.1 Å². The van der Waals surface area contributed by atoms with E-state index in [0.29, 0.717) is 23.1 Å². The number of rotatable bonds is 5. The van der Waals surface area contributed by atoms with Crippen LogP contribution in [-0.2, 0) is 16.1 Å². The highest BCUT2D eigenvalue weighted by molar-refractivity contribution is 7.16. The van der Waals surface area contributed by atoms with Gasteiger partial charge in [0.05, 0.1) is 11.7 Å². The second-order valence-corrected chi connectivity index (χ2v) is 5.96. The Morgan fingerprint density at radius 1 is 1.48 bits per heavy atom. The van der Waals surface area contributed by atoms with E-state index in [2.05, 4.69) is 10.3 Å². The number of aliphatic carboxylic acids is 1. The molecule has 1 aliphatic carbocycles. The fourth-order valence-electron chi connectivity index (χ4n) is 2.12. The molecule has 1 fully saturated rings. The van der Waals surface area contributed by atoms with Crippen LogP contribution in [0.3, 0.4) is 0 Å². The van der Waals surface area contributed by atoms with Crippen molar-refractivity contribution in [2.45, 2.75) is 31.3 Å². The molecule has 2 aromatic rings. The van der Waals surface area contributed by atoms with Crippen LogP contribution in [0.25, 0.3) is 10.2 Å². The molecule has 1 aliphatic rings. The average molecular weight is 307 g/mol. The minimum atomic E-state index is -1.09. The lowest BCUT2D eigenvalue weighted by atomic mass is 10.2. The van der Waals surface area contributed by atoms with Crippen LogP contribution in [0, 0.1) is 0 Å². The average Bonchev–Trinajstić information content (AvgIpc) is 3.06. The molecule has 0 unspecified atom stereocenters. The summed E-state index contributed by atoms with van der Waals surface area (Å²) >= 11 is 1.38. The maximum atomic E-state index is 12.1. The Bertz CT molecular complexity index is 775. The summed E-state index contributed by atoms with van der Waals surface area (Å²) < 4.78 is 1.37. The normalized spacial score (nSPS) is 15.8. The van der Waals surface area contributed by atoms with Crippen molar-refractivity contribution in [1.82, 2.24) is 14.9 Å². The molecule has 1 saturated carbocycles. The van der Waals surface area contributed by atoms with Crippen molar-refractivity contribution in [1.29, 1.82) is 0 Å². The Morgan fingerprint density at radius 2 is 2.24 bits per heavy atom. The van der Waals surface area contributed by atoms with Gasteiger partial charge in [-0.05, 0) is 24.3 Å². The molecule has 0 atom stereocenters. The van der Waals surface area contributed by atoms with Crippen molar-refractivity contribution in [3.8, 4) is 0 Å². The fourth-order valence-corrected chi connectivity index (χ4v) is 2.84. The summed E-state index contributed by atoms with van der Waals surface area (Å²) in [6.45, 7) is 0.180. The highest BCUT2D eigenvalue weighted by Crippen LogP contribution is 2.35. The zero-order chi connectivity index (χ0) is 15.0. The van der Waals surface area contributed by atoms with Crippen LogP contribution in [0.4, 0.5) is 0 Å². The Balaban J connectivity index is 1.66. The minimum absolute atomic E-state index is 0.0479. The third kappa shape index (κ3) is 2.54. The number of thiophene rings is 1. The summed E-state index contributed by atoms with van der Waals surface area (Å²) in [5.41, 5.74) is -1.27. The van der Waals surface area contributed by atoms with E-state index >= 15 is 0 Å². The highest BCUT2D eigenvalue weighted by Gasteiger charge is 2.51. The van der Waals surface area contributed by atoms with Gasteiger partial charge in [0.15, 0.2) is 0 Å². The van der Waals surface area contributed by atoms with Crippen molar-refractivity contribution in [2.24, 2.45) is 0 Å². The van der Waals surface area contributed by atoms with Gasteiger partial charge in [0, 0.05) is 13.0 Å². The first-order valence-corrected chi connectivity index (χ1v) is 7.37. The number of hydrogen-bond acceptors (Lipinski definition) is 5. The quantitative estimate of drug-likeness (QED) is 0.841. The van der Waals surface area contributed by atoms with Gasteiger partial charge in [0.1, 0.15) is 10.4 Å². The molecule has 0 spiro atoms. The van der Waals surface area contributed by atoms with Crippen molar-refractivity contribution in [2.75, 3.05) is 0 Å². The number of amides is 1. The molecule has 2 aromatic heterocycles. The van der Waals surface area contributed by atoms with Crippen LogP contribution >= 0.6 is 11.3 Å². The van der Waals surface area contributed by atoms with Gasteiger partial charge < -0.3 is 10.4 Å². The molecule has 2 N–H and O–H groups in total. The number of aryl methyl sites for hydroxylation is 1. The number of carboxylic acid groups (broad SMARTS) is 1. The van der Waals surface area contributed by atoms with E-state index in [1.54, 1.807) is 11.4 Å². The monoisotopic (exact) mass is 307 g/mol. The van der Waals surface area contributed by atoms with Crippen LogP contribution in [0.1, 0.15) is 19.3 Å². The topological polar surface area (TPSA) is 101 Å². The van der Waals surface area contributed by atoms with E-state index < -0.39 is 11.5 Å². The summed E-state index contributed by atoms with van der Waals surface area (Å²) in [4.78, 5) is 39.7. The third-order valence-electron chi connectivity index (χ3n) is 3.57. The Labute approximate surface area is 123 Å². The molecule has 7 nitrogen and oxygen atoms in total. The van der Waals surface area contributed by atoms with Crippen LogP contribution in [0.2, 0.25) is 0 Å². The predicted molar refractivity (Wildman–Crippen MR) is 76.2 cm³/mol. The maximum absolute atomic E-state index is 12.1. The van der Waals surface area contributed by atoms with E-state index in [1.807, 2.05) is 0 Å². The van der Waals surface area contributed by atoms with Crippen LogP contribution in [-0.4, -0.2) is 32.1 Å². The number of carboxylic acids is 1. The molecule has 2 heterocycles. The van der Waals surface area contributed by atoms with Gasteiger partial charge in [-0.2, -0.15) is 0 Å². The molecule has 1 amide bonds. The number of fused-ring (bicyclic) bond motifs is 1. The third-order valence-corrected chi connectivity index (χ3v) is 4.39. The lowest BCUT2D eigenvalue weighted by Crippen LogP contribution is -2.43. The number of carbonyl (C=O) groups excluding carboxylic acids is 1. The molecule has 8 heteroatoms. The van der Waals surface area contributed by atoms with Crippen molar-refractivity contribution in [3.63, 3.8) is 0 Å². The Morgan fingerprint density at radius 3 is 2.90 bits per heavy atom. The lowest BCUT2D eigenvalue weighted by Gasteiger charge is -2.12. The molecule has 0 aromatic carbocycles.